The molecule has 0 saturated carbocycles. The van der Waals surface area contributed by atoms with Crippen LogP contribution in [0.2, 0.25) is 0 Å². The number of nitrogens with zero attached hydrogens (tertiary/aromatic N) is 7. The molecule has 3 aromatic heterocycles. The van der Waals surface area contributed by atoms with Crippen LogP contribution in [-0.4, -0.2) is 65.4 Å². The van der Waals surface area contributed by atoms with Crippen molar-refractivity contribution in [2.24, 2.45) is 0 Å². The number of benzene rings is 1. The highest BCUT2D eigenvalue weighted by Crippen LogP contribution is 2.34. The second-order valence-electron chi connectivity index (χ2n) is 9.19. The van der Waals surface area contributed by atoms with E-state index >= 15 is 0 Å². The standard InChI is InChI=1S/C22H26F2N8O2/c1-12-3-4-13(8-30(12)15-7-26-31(9-15)22(2,10-33)11-34)19-28-20-16-5-14(23)6-17(24)18(16)27-21(25)32(20)29-19/h5-7,9,12-13,33-34H,3-4,8,10-11H2,1-2H3,(H2,25,27). The Kier molecular flexibility index (Phi) is 5.36. The van der Waals surface area contributed by atoms with Crippen LogP contribution in [-0.2, 0) is 5.54 Å². The normalized spacial score (nSPS) is 19.4. The highest BCUT2D eigenvalue weighted by Gasteiger charge is 2.32. The van der Waals surface area contributed by atoms with Crippen LogP contribution in [0.3, 0.4) is 0 Å². The number of hydrogen-bond acceptors (Lipinski definition) is 8. The van der Waals surface area contributed by atoms with Crippen LogP contribution in [0, 0.1) is 11.6 Å². The van der Waals surface area contributed by atoms with Gasteiger partial charge in [0.2, 0.25) is 5.95 Å². The maximum Gasteiger partial charge on any atom is 0.223 e. The first kappa shape index (κ1) is 22.4. The zero-order valence-corrected chi connectivity index (χ0v) is 18.9. The lowest BCUT2D eigenvalue weighted by Gasteiger charge is -2.38. The van der Waals surface area contributed by atoms with Gasteiger partial charge in [0.05, 0.1) is 30.5 Å². The van der Waals surface area contributed by atoms with E-state index in [-0.39, 0.29) is 47.7 Å². The third-order valence-electron chi connectivity index (χ3n) is 6.72. The molecule has 0 aliphatic carbocycles. The largest absolute Gasteiger partial charge is 0.394 e. The molecule has 0 spiro atoms. The Balaban J connectivity index is 1.50. The molecule has 5 rings (SSSR count). The zero-order chi connectivity index (χ0) is 24.2. The molecule has 34 heavy (non-hydrogen) atoms. The molecule has 4 aromatic rings. The number of aliphatic hydroxyl groups is 2. The monoisotopic (exact) mass is 472 g/mol. The van der Waals surface area contributed by atoms with Crippen LogP contribution in [0.4, 0.5) is 20.4 Å². The number of hydrogen-bond donors (Lipinski definition) is 3. The number of aliphatic hydroxyl groups excluding tert-OH is 2. The minimum Gasteiger partial charge on any atom is -0.394 e. The lowest BCUT2D eigenvalue weighted by molar-refractivity contribution is 0.0681. The van der Waals surface area contributed by atoms with Crippen molar-refractivity contribution in [3.05, 3.63) is 42.0 Å². The molecule has 0 bridgehead atoms. The summed E-state index contributed by atoms with van der Waals surface area (Å²) in [6.07, 6.45) is 5.20. The summed E-state index contributed by atoms with van der Waals surface area (Å²) in [5.41, 5.74) is 6.17. The van der Waals surface area contributed by atoms with E-state index in [4.69, 9.17) is 5.73 Å². The van der Waals surface area contributed by atoms with Crippen LogP contribution < -0.4 is 10.6 Å². The van der Waals surface area contributed by atoms with E-state index in [2.05, 4.69) is 32.0 Å². The van der Waals surface area contributed by atoms with E-state index in [1.165, 1.54) is 10.6 Å². The molecular weight excluding hydrogens is 446 g/mol. The number of nitrogens with two attached hydrogens (primary N) is 1. The van der Waals surface area contributed by atoms with Crippen molar-refractivity contribution < 1.29 is 19.0 Å². The first-order valence-electron chi connectivity index (χ1n) is 11.1. The fourth-order valence-electron chi connectivity index (χ4n) is 4.48. The Hall–Kier alpha value is -3.38. The SMILES string of the molecule is CC1CCC(c2nc3c4cc(F)cc(F)c4nc(N)n3n2)CN1c1cnn(C(C)(CO)CO)c1. The summed E-state index contributed by atoms with van der Waals surface area (Å²) in [7, 11) is 0. The third-order valence-corrected chi connectivity index (χ3v) is 6.72. The highest BCUT2D eigenvalue weighted by atomic mass is 19.1. The van der Waals surface area contributed by atoms with Crippen molar-refractivity contribution in [2.45, 2.75) is 44.2 Å². The molecule has 1 aromatic carbocycles. The maximum atomic E-state index is 14.3. The molecule has 2 unspecified atom stereocenters. The molecular formula is C22H26F2N8O2. The lowest BCUT2D eigenvalue weighted by Crippen LogP contribution is -2.41. The minimum atomic E-state index is -0.907. The molecule has 180 valence electrons. The van der Waals surface area contributed by atoms with Crippen molar-refractivity contribution in [2.75, 3.05) is 30.4 Å². The van der Waals surface area contributed by atoms with Gasteiger partial charge >= 0.3 is 0 Å². The molecule has 1 aliphatic heterocycles. The predicted molar refractivity (Wildman–Crippen MR) is 121 cm³/mol. The van der Waals surface area contributed by atoms with E-state index in [1.54, 1.807) is 17.8 Å². The first-order valence-corrected chi connectivity index (χ1v) is 11.1. The molecule has 12 heteroatoms. The quantitative estimate of drug-likeness (QED) is 0.401. The van der Waals surface area contributed by atoms with E-state index < -0.39 is 17.2 Å². The summed E-state index contributed by atoms with van der Waals surface area (Å²) >= 11 is 0. The summed E-state index contributed by atoms with van der Waals surface area (Å²) in [5, 5.41) is 28.5. The lowest BCUT2D eigenvalue weighted by atomic mass is 9.92. The summed E-state index contributed by atoms with van der Waals surface area (Å²) in [5.74, 6) is -1.10. The van der Waals surface area contributed by atoms with Crippen molar-refractivity contribution in [3.8, 4) is 0 Å². The van der Waals surface area contributed by atoms with Crippen LogP contribution in [0.15, 0.2) is 24.5 Å². The van der Waals surface area contributed by atoms with Gasteiger partial charge in [-0.25, -0.2) is 18.7 Å². The minimum absolute atomic E-state index is 0.0265. The van der Waals surface area contributed by atoms with Crippen LogP contribution >= 0.6 is 0 Å². The average molecular weight is 473 g/mol. The smallest absolute Gasteiger partial charge is 0.223 e. The van der Waals surface area contributed by atoms with Gasteiger partial charge in [-0.3, -0.25) is 4.68 Å². The Morgan fingerprint density at radius 3 is 2.68 bits per heavy atom. The molecule has 1 aliphatic rings. The van der Waals surface area contributed by atoms with E-state index in [0.29, 0.717) is 12.4 Å². The van der Waals surface area contributed by atoms with E-state index in [0.717, 1.165) is 24.6 Å². The number of piperidine rings is 1. The summed E-state index contributed by atoms with van der Waals surface area (Å²) in [6, 6.07) is 2.17. The van der Waals surface area contributed by atoms with Gasteiger partial charge in [-0.05, 0) is 32.8 Å². The van der Waals surface area contributed by atoms with Gasteiger partial charge < -0.3 is 20.8 Å². The zero-order valence-electron chi connectivity index (χ0n) is 18.9. The average Bonchev–Trinajstić information content (AvgIpc) is 3.49. The first-order chi connectivity index (χ1) is 16.2. The molecule has 4 N–H and O–H groups in total. The molecule has 2 atom stereocenters. The Bertz CT molecular complexity index is 1370. The third kappa shape index (κ3) is 3.53. The number of anilines is 2. The van der Waals surface area contributed by atoms with Gasteiger partial charge in [0.25, 0.3) is 0 Å². The fourth-order valence-corrected chi connectivity index (χ4v) is 4.48. The number of nitrogen functional groups attached to an aromatic ring is 1. The summed E-state index contributed by atoms with van der Waals surface area (Å²) in [6.45, 7) is 3.92. The van der Waals surface area contributed by atoms with Crippen LogP contribution in [0.5, 0.6) is 0 Å². The molecule has 1 fully saturated rings. The molecule has 10 nitrogen and oxygen atoms in total. The van der Waals surface area contributed by atoms with Crippen molar-refractivity contribution in [3.63, 3.8) is 0 Å². The Morgan fingerprint density at radius 1 is 1.18 bits per heavy atom. The molecule has 0 radical (unpaired) electrons. The van der Waals surface area contributed by atoms with E-state index in [9.17, 15) is 19.0 Å². The topological polar surface area (TPSA) is 131 Å². The van der Waals surface area contributed by atoms with E-state index in [1.807, 2.05) is 6.20 Å². The molecule has 4 heterocycles. The molecule has 1 saturated heterocycles. The van der Waals surface area contributed by atoms with Gasteiger partial charge in [-0.2, -0.15) is 9.61 Å². The maximum absolute atomic E-state index is 14.3. The fraction of sp³-hybridized carbons (Fsp3) is 0.455. The van der Waals surface area contributed by atoms with Crippen molar-refractivity contribution in [1.29, 1.82) is 0 Å². The second-order valence-corrected chi connectivity index (χ2v) is 9.19. The predicted octanol–water partition coefficient (Wildman–Crippen LogP) is 1.81. The highest BCUT2D eigenvalue weighted by molar-refractivity contribution is 5.92. The molecule has 0 amide bonds. The van der Waals surface area contributed by atoms with Gasteiger partial charge in [0, 0.05) is 30.8 Å². The van der Waals surface area contributed by atoms with Crippen molar-refractivity contribution >= 4 is 28.2 Å². The van der Waals surface area contributed by atoms with Crippen LogP contribution in [0.25, 0.3) is 16.6 Å². The Labute approximate surface area is 193 Å². The van der Waals surface area contributed by atoms with Gasteiger partial charge in [-0.15, -0.1) is 5.10 Å². The Morgan fingerprint density at radius 2 is 1.94 bits per heavy atom. The number of fused-ring (bicyclic) bond motifs is 3. The van der Waals surface area contributed by atoms with Crippen LogP contribution in [0.1, 0.15) is 38.4 Å². The number of halogens is 2. The van der Waals surface area contributed by atoms with Gasteiger partial charge in [0.1, 0.15) is 16.9 Å². The second kappa shape index (κ2) is 8.13. The van der Waals surface area contributed by atoms with Gasteiger partial charge in [0.15, 0.2) is 17.3 Å². The summed E-state index contributed by atoms with van der Waals surface area (Å²) < 4.78 is 31.1. The number of aromatic nitrogens is 6. The van der Waals surface area contributed by atoms with Crippen molar-refractivity contribution in [1.82, 2.24) is 29.4 Å². The summed E-state index contributed by atoms with van der Waals surface area (Å²) in [4.78, 5) is 10.8. The van der Waals surface area contributed by atoms with Gasteiger partial charge in [-0.1, -0.05) is 0 Å². The number of rotatable bonds is 5.